The highest BCUT2D eigenvalue weighted by Gasteiger charge is 2.14. The molecular weight excluding hydrogens is 352 g/mol. The maximum atomic E-state index is 11.1. The topological polar surface area (TPSA) is 74.5 Å². The number of nitro groups is 1. The van der Waals surface area contributed by atoms with Crippen LogP contribution in [0.1, 0.15) is 26.0 Å². The number of allylic oxidation sites excluding steroid dienone is 2. The molecule has 0 unspecified atom stereocenters. The Labute approximate surface area is 157 Å². The molecule has 0 fully saturated rings. The molecule has 0 amide bonds. The van der Waals surface area contributed by atoms with E-state index in [1.807, 2.05) is 24.5 Å². The zero-order valence-electron chi connectivity index (χ0n) is 15.1. The summed E-state index contributed by atoms with van der Waals surface area (Å²) in [7, 11) is 1.60. The highest BCUT2D eigenvalue weighted by molar-refractivity contribution is 8.10. The number of aromatic nitrogens is 1. The number of nitro benzene ring substituents is 1. The van der Waals surface area contributed by atoms with Gasteiger partial charge in [0.25, 0.3) is 5.69 Å². The van der Waals surface area contributed by atoms with E-state index in [1.54, 1.807) is 24.9 Å². The third-order valence-corrected chi connectivity index (χ3v) is 4.58. The lowest BCUT2D eigenvalue weighted by Crippen LogP contribution is -2.05. The molecule has 0 aliphatic carbocycles. The van der Waals surface area contributed by atoms with Crippen LogP contribution in [0.4, 0.5) is 5.69 Å². The fourth-order valence-corrected chi connectivity index (χ4v) is 3.07. The van der Waals surface area contributed by atoms with Crippen LogP contribution in [0.3, 0.4) is 0 Å². The van der Waals surface area contributed by atoms with E-state index in [2.05, 4.69) is 18.0 Å². The number of pyridine rings is 1. The fourth-order valence-electron chi connectivity index (χ4n) is 2.27. The number of thioether (sulfide) groups is 1. The number of nitrogens with zero attached hydrogens (tertiary/aromatic N) is 2. The summed E-state index contributed by atoms with van der Waals surface area (Å²) in [6.45, 7) is 4.81. The summed E-state index contributed by atoms with van der Waals surface area (Å²) in [5.41, 5.74) is 1.43. The summed E-state index contributed by atoms with van der Waals surface area (Å²) in [5.74, 6) is 0.560. The van der Waals surface area contributed by atoms with Gasteiger partial charge in [0.1, 0.15) is 12.4 Å². The lowest BCUT2D eigenvalue weighted by molar-refractivity contribution is -0.384. The normalized spacial score (nSPS) is 12.0. The molecule has 0 radical (unpaired) electrons. The molecule has 0 atom stereocenters. The van der Waals surface area contributed by atoms with Crippen molar-refractivity contribution in [3.8, 4) is 5.75 Å². The van der Waals surface area contributed by atoms with E-state index < -0.39 is 4.92 Å². The van der Waals surface area contributed by atoms with E-state index in [1.165, 1.54) is 12.1 Å². The van der Waals surface area contributed by atoms with Crippen molar-refractivity contribution in [1.29, 1.82) is 0 Å². The molecule has 2 rings (SSSR count). The van der Waals surface area contributed by atoms with Gasteiger partial charge in [-0.1, -0.05) is 30.8 Å². The number of fused-ring (bicyclic) bond motifs is 1. The van der Waals surface area contributed by atoms with Crippen molar-refractivity contribution >= 4 is 33.3 Å². The highest BCUT2D eigenvalue weighted by atomic mass is 32.2. The minimum Gasteiger partial charge on any atom is -0.490 e. The van der Waals surface area contributed by atoms with E-state index in [0.29, 0.717) is 29.9 Å². The number of rotatable bonds is 9. The largest absolute Gasteiger partial charge is 0.490 e. The third-order valence-electron chi connectivity index (χ3n) is 3.55. The molecule has 138 valence electrons. The van der Waals surface area contributed by atoms with Crippen molar-refractivity contribution in [3.05, 3.63) is 57.6 Å². The van der Waals surface area contributed by atoms with Gasteiger partial charge in [-0.25, -0.2) is 4.98 Å². The molecular formula is C19H22N2O4S. The number of hydrogen-bond donors (Lipinski definition) is 0. The molecule has 0 spiro atoms. The van der Waals surface area contributed by atoms with Crippen molar-refractivity contribution in [2.24, 2.45) is 0 Å². The SMILES string of the molecule is C/C=C(\S/C=C\CC)c1cc(OCCOC)c2cc([N+](=O)[O-])ccc2n1. The van der Waals surface area contributed by atoms with Crippen LogP contribution in [-0.4, -0.2) is 30.2 Å². The van der Waals surface area contributed by atoms with Gasteiger partial charge in [-0.3, -0.25) is 10.1 Å². The van der Waals surface area contributed by atoms with Crippen LogP contribution in [0, 0.1) is 10.1 Å². The number of hydrogen-bond acceptors (Lipinski definition) is 6. The van der Waals surface area contributed by atoms with Gasteiger partial charge in [0.05, 0.1) is 22.7 Å². The fraction of sp³-hybridized carbons (Fsp3) is 0.316. The first-order valence-electron chi connectivity index (χ1n) is 8.30. The monoisotopic (exact) mass is 374 g/mol. The Hall–Kier alpha value is -2.38. The van der Waals surface area contributed by atoms with Gasteiger partial charge in [-0.15, -0.1) is 0 Å². The summed E-state index contributed by atoms with van der Waals surface area (Å²) >= 11 is 1.58. The van der Waals surface area contributed by atoms with Crippen LogP contribution in [0.5, 0.6) is 5.75 Å². The van der Waals surface area contributed by atoms with E-state index in [-0.39, 0.29) is 5.69 Å². The summed E-state index contributed by atoms with van der Waals surface area (Å²) in [5, 5.41) is 13.7. The number of methoxy groups -OCH3 is 1. The second-order valence-electron chi connectivity index (χ2n) is 5.36. The number of non-ortho nitro benzene ring substituents is 1. The van der Waals surface area contributed by atoms with E-state index in [9.17, 15) is 10.1 Å². The standard InChI is InChI=1S/C19H22N2O4S/c1-4-6-11-26-19(5-2)17-13-18(25-10-9-24-3)15-12-14(21(22)23)7-8-16(15)20-17/h5-8,11-13H,4,9-10H2,1-3H3/b11-6-,19-5-. The average Bonchev–Trinajstić information content (AvgIpc) is 2.65. The molecule has 0 aliphatic heterocycles. The van der Waals surface area contributed by atoms with Gasteiger partial charge in [0.15, 0.2) is 0 Å². The summed E-state index contributed by atoms with van der Waals surface area (Å²) in [6, 6.07) is 6.43. The van der Waals surface area contributed by atoms with Crippen LogP contribution < -0.4 is 4.74 Å². The van der Waals surface area contributed by atoms with Crippen molar-refractivity contribution in [1.82, 2.24) is 4.98 Å². The van der Waals surface area contributed by atoms with Gasteiger partial charge in [0.2, 0.25) is 0 Å². The lowest BCUT2D eigenvalue weighted by atomic mass is 10.1. The lowest BCUT2D eigenvalue weighted by Gasteiger charge is -2.12. The van der Waals surface area contributed by atoms with E-state index in [0.717, 1.165) is 17.0 Å². The first-order chi connectivity index (χ1) is 12.6. The minimum atomic E-state index is -0.422. The first-order valence-corrected chi connectivity index (χ1v) is 9.18. The van der Waals surface area contributed by atoms with Gasteiger partial charge < -0.3 is 9.47 Å². The Balaban J connectivity index is 2.50. The molecule has 1 aromatic heterocycles. The van der Waals surface area contributed by atoms with Crippen molar-refractivity contribution in [2.75, 3.05) is 20.3 Å². The zero-order valence-corrected chi connectivity index (χ0v) is 15.9. The first kappa shape index (κ1) is 19.9. The van der Waals surface area contributed by atoms with Crippen LogP contribution in [0.25, 0.3) is 15.8 Å². The third kappa shape index (κ3) is 5.06. The van der Waals surface area contributed by atoms with Crippen LogP contribution in [-0.2, 0) is 4.74 Å². The highest BCUT2D eigenvalue weighted by Crippen LogP contribution is 2.34. The molecule has 0 bridgehead atoms. The Morgan fingerprint density at radius 1 is 1.35 bits per heavy atom. The molecule has 0 aliphatic rings. The minimum absolute atomic E-state index is 0.00940. The number of benzene rings is 1. The van der Waals surface area contributed by atoms with Gasteiger partial charge in [-0.05, 0) is 24.8 Å². The summed E-state index contributed by atoms with van der Waals surface area (Å²) < 4.78 is 10.8. The van der Waals surface area contributed by atoms with E-state index >= 15 is 0 Å². The van der Waals surface area contributed by atoms with Crippen molar-refractivity contribution < 1.29 is 14.4 Å². The van der Waals surface area contributed by atoms with E-state index in [4.69, 9.17) is 9.47 Å². The zero-order chi connectivity index (χ0) is 18.9. The molecule has 1 aromatic carbocycles. The molecule has 1 heterocycles. The average molecular weight is 374 g/mol. The van der Waals surface area contributed by atoms with Crippen LogP contribution in [0.15, 0.2) is 41.8 Å². The molecule has 6 nitrogen and oxygen atoms in total. The quantitative estimate of drug-likeness (QED) is 0.342. The second-order valence-corrected chi connectivity index (χ2v) is 6.30. The Morgan fingerprint density at radius 2 is 2.15 bits per heavy atom. The predicted octanol–water partition coefficient (Wildman–Crippen LogP) is 5.19. The van der Waals surface area contributed by atoms with Crippen LogP contribution in [0.2, 0.25) is 0 Å². The van der Waals surface area contributed by atoms with Gasteiger partial charge >= 0.3 is 0 Å². The maximum absolute atomic E-state index is 11.1. The molecule has 0 saturated carbocycles. The second kappa shape index (κ2) is 9.94. The summed E-state index contributed by atoms with van der Waals surface area (Å²) in [4.78, 5) is 16.3. The van der Waals surface area contributed by atoms with Crippen molar-refractivity contribution in [3.63, 3.8) is 0 Å². The Morgan fingerprint density at radius 3 is 2.81 bits per heavy atom. The molecule has 2 aromatic rings. The van der Waals surface area contributed by atoms with Gasteiger partial charge in [-0.2, -0.15) is 0 Å². The predicted molar refractivity (Wildman–Crippen MR) is 106 cm³/mol. The molecule has 7 heteroatoms. The summed E-state index contributed by atoms with van der Waals surface area (Å²) in [6.07, 6.45) is 5.03. The number of ether oxygens (including phenoxy) is 2. The van der Waals surface area contributed by atoms with Crippen LogP contribution >= 0.6 is 11.8 Å². The van der Waals surface area contributed by atoms with Gasteiger partial charge in [0, 0.05) is 35.6 Å². The van der Waals surface area contributed by atoms with Crippen molar-refractivity contribution in [2.45, 2.75) is 20.3 Å². The maximum Gasteiger partial charge on any atom is 0.270 e. The Bertz CT molecular complexity index is 834. The smallest absolute Gasteiger partial charge is 0.270 e. The molecule has 26 heavy (non-hydrogen) atoms. The Kier molecular flexibility index (Phi) is 7.62. The molecule has 0 saturated heterocycles. The molecule has 0 N–H and O–H groups in total.